The fraction of sp³-hybridized carbons (Fsp3) is 0.500. The van der Waals surface area contributed by atoms with Crippen molar-refractivity contribution in [2.45, 2.75) is 32.5 Å². The van der Waals surface area contributed by atoms with Crippen molar-refractivity contribution in [1.82, 2.24) is 4.90 Å². The molecule has 1 aromatic rings. The Labute approximate surface area is 112 Å². The number of aromatic hydroxyl groups is 1. The second-order valence-corrected chi connectivity index (χ2v) is 5.58. The second kappa shape index (κ2) is 5.09. The van der Waals surface area contributed by atoms with Crippen molar-refractivity contribution in [3.63, 3.8) is 0 Å². The molecule has 1 aromatic carbocycles. The van der Waals surface area contributed by atoms with Crippen LogP contribution in [0.15, 0.2) is 24.3 Å². The maximum absolute atomic E-state index is 11.9. The third kappa shape index (κ3) is 3.61. The Morgan fingerprint density at radius 2 is 2.21 bits per heavy atom. The SMILES string of the molecule is CC(C)(C)OC(=O)N1COC(c2cccc(O)c2)C1. The van der Waals surface area contributed by atoms with Gasteiger partial charge in [0.25, 0.3) is 0 Å². The van der Waals surface area contributed by atoms with Crippen LogP contribution in [0.2, 0.25) is 0 Å². The molecule has 0 bridgehead atoms. The number of carbonyl (C=O) groups is 1. The summed E-state index contributed by atoms with van der Waals surface area (Å²) in [5.41, 5.74) is 0.339. The summed E-state index contributed by atoms with van der Waals surface area (Å²) in [6, 6.07) is 6.86. The molecule has 1 amide bonds. The van der Waals surface area contributed by atoms with E-state index in [1.807, 2.05) is 26.8 Å². The second-order valence-electron chi connectivity index (χ2n) is 5.58. The van der Waals surface area contributed by atoms with Crippen LogP contribution < -0.4 is 0 Å². The Morgan fingerprint density at radius 1 is 1.47 bits per heavy atom. The number of phenols is 1. The number of amides is 1. The van der Waals surface area contributed by atoms with Gasteiger partial charge in [0.05, 0.1) is 6.54 Å². The Hall–Kier alpha value is -1.75. The van der Waals surface area contributed by atoms with Gasteiger partial charge in [-0.15, -0.1) is 0 Å². The zero-order chi connectivity index (χ0) is 14.0. The van der Waals surface area contributed by atoms with Crippen LogP contribution >= 0.6 is 0 Å². The van der Waals surface area contributed by atoms with Crippen LogP contribution in [0, 0.1) is 0 Å². The standard InChI is InChI=1S/C14H19NO4/c1-14(2,3)19-13(17)15-8-12(18-9-15)10-5-4-6-11(16)7-10/h4-7,12,16H,8-9H2,1-3H3. The number of hydrogen-bond donors (Lipinski definition) is 1. The van der Waals surface area contributed by atoms with E-state index < -0.39 is 5.60 Å². The van der Waals surface area contributed by atoms with Gasteiger partial charge in [-0.1, -0.05) is 12.1 Å². The molecular formula is C14H19NO4. The Bertz CT molecular complexity index is 467. The van der Waals surface area contributed by atoms with E-state index in [0.29, 0.717) is 6.54 Å². The smallest absolute Gasteiger partial charge is 0.412 e. The first-order valence-electron chi connectivity index (χ1n) is 6.23. The Morgan fingerprint density at radius 3 is 2.84 bits per heavy atom. The quantitative estimate of drug-likeness (QED) is 0.848. The number of rotatable bonds is 1. The van der Waals surface area contributed by atoms with Crippen molar-refractivity contribution in [3.05, 3.63) is 29.8 Å². The molecule has 0 saturated carbocycles. The molecule has 0 aromatic heterocycles. The van der Waals surface area contributed by atoms with E-state index in [2.05, 4.69) is 0 Å². The highest BCUT2D eigenvalue weighted by molar-refractivity contribution is 5.68. The zero-order valence-corrected chi connectivity index (χ0v) is 11.4. The molecule has 1 fully saturated rings. The summed E-state index contributed by atoms with van der Waals surface area (Å²) < 4.78 is 10.8. The molecule has 1 saturated heterocycles. The lowest BCUT2D eigenvalue weighted by atomic mass is 10.1. The minimum Gasteiger partial charge on any atom is -0.508 e. The van der Waals surface area contributed by atoms with Gasteiger partial charge in [-0.05, 0) is 38.5 Å². The molecule has 0 radical (unpaired) electrons. The molecule has 19 heavy (non-hydrogen) atoms. The number of phenolic OH excluding ortho intramolecular Hbond substituents is 1. The van der Waals surface area contributed by atoms with Gasteiger partial charge in [0.1, 0.15) is 24.2 Å². The summed E-state index contributed by atoms with van der Waals surface area (Å²) in [5.74, 6) is 0.191. The van der Waals surface area contributed by atoms with E-state index in [9.17, 15) is 9.90 Å². The third-order valence-electron chi connectivity index (χ3n) is 2.71. The third-order valence-corrected chi connectivity index (χ3v) is 2.71. The maximum Gasteiger partial charge on any atom is 0.412 e. The van der Waals surface area contributed by atoms with Crippen LogP contribution in [-0.4, -0.2) is 35.0 Å². The molecule has 1 aliphatic heterocycles. The van der Waals surface area contributed by atoms with Crippen LogP contribution in [0.3, 0.4) is 0 Å². The first kappa shape index (κ1) is 13.7. The van der Waals surface area contributed by atoms with Crippen LogP contribution in [0.4, 0.5) is 4.79 Å². The zero-order valence-electron chi connectivity index (χ0n) is 11.4. The molecule has 0 aliphatic carbocycles. The molecule has 5 nitrogen and oxygen atoms in total. The van der Waals surface area contributed by atoms with E-state index in [4.69, 9.17) is 9.47 Å². The molecule has 1 aliphatic rings. The summed E-state index contributed by atoms with van der Waals surface area (Å²) >= 11 is 0. The summed E-state index contributed by atoms with van der Waals surface area (Å²) in [6.07, 6.45) is -0.602. The molecule has 1 unspecified atom stereocenters. The highest BCUT2D eigenvalue weighted by Gasteiger charge is 2.31. The van der Waals surface area contributed by atoms with Crippen molar-refractivity contribution in [2.24, 2.45) is 0 Å². The average molecular weight is 265 g/mol. The first-order valence-corrected chi connectivity index (χ1v) is 6.23. The molecule has 1 heterocycles. The average Bonchev–Trinajstić information content (AvgIpc) is 2.75. The van der Waals surface area contributed by atoms with Crippen LogP contribution in [0.1, 0.15) is 32.4 Å². The lowest BCUT2D eigenvalue weighted by Crippen LogP contribution is -2.35. The van der Waals surface area contributed by atoms with Crippen molar-refractivity contribution in [3.8, 4) is 5.75 Å². The summed E-state index contributed by atoms with van der Waals surface area (Å²) in [7, 11) is 0. The predicted molar refractivity (Wildman–Crippen MR) is 69.7 cm³/mol. The predicted octanol–water partition coefficient (Wildman–Crippen LogP) is 2.66. The van der Waals surface area contributed by atoms with Crippen molar-refractivity contribution in [1.29, 1.82) is 0 Å². The van der Waals surface area contributed by atoms with Crippen LogP contribution in [-0.2, 0) is 9.47 Å². The highest BCUT2D eigenvalue weighted by Crippen LogP contribution is 2.27. The number of ether oxygens (including phenoxy) is 2. The number of carbonyl (C=O) groups excluding carboxylic acids is 1. The molecule has 2 rings (SSSR count). The highest BCUT2D eigenvalue weighted by atomic mass is 16.6. The largest absolute Gasteiger partial charge is 0.508 e. The van der Waals surface area contributed by atoms with E-state index in [1.165, 1.54) is 4.90 Å². The number of hydrogen-bond acceptors (Lipinski definition) is 4. The van der Waals surface area contributed by atoms with Crippen LogP contribution in [0.5, 0.6) is 5.75 Å². The van der Waals surface area contributed by atoms with Crippen molar-refractivity contribution in [2.75, 3.05) is 13.3 Å². The van der Waals surface area contributed by atoms with Crippen molar-refractivity contribution >= 4 is 6.09 Å². The normalized spacial score (nSPS) is 19.5. The maximum atomic E-state index is 11.9. The minimum atomic E-state index is -0.514. The fourth-order valence-corrected chi connectivity index (χ4v) is 1.87. The summed E-state index contributed by atoms with van der Waals surface area (Å²) in [4.78, 5) is 13.4. The summed E-state index contributed by atoms with van der Waals surface area (Å²) in [5, 5.41) is 9.44. The molecule has 0 spiro atoms. The van der Waals surface area contributed by atoms with Gasteiger partial charge in [0.2, 0.25) is 0 Å². The van der Waals surface area contributed by atoms with Gasteiger partial charge in [-0.2, -0.15) is 0 Å². The van der Waals surface area contributed by atoms with Gasteiger partial charge in [0.15, 0.2) is 0 Å². The van der Waals surface area contributed by atoms with E-state index >= 15 is 0 Å². The van der Waals surface area contributed by atoms with Gasteiger partial charge < -0.3 is 14.6 Å². The first-order chi connectivity index (χ1) is 8.85. The summed E-state index contributed by atoms with van der Waals surface area (Å²) in [6.45, 7) is 6.12. The van der Waals surface area contributed by atoms with Crippen molar-refractivity contribution < 1.29 is 19.4 Å². The fourth-order valence-electron chi connectivity index (χ4n) is 1.87. The van der Waals surface area contributed by atoms with E-state index in [0.717, 1.165) is 5.56 Å². The van der Waals surface area contributed by atoms with Crippen LogP contribution in [0.25, 0.3) is 0 Å². The molecule has 5 heteroatoms. The molecular weight excluding hydrogens is 246 g/mol. The Kier molecular flexibility index (Phi) is 3.66. The lowest BCUT2D eigenvalue weighted by molar-refractivity contribution is 0.0185. The lowest BCUT2D eigenvalue weighted by Gasteiger charge is -2.23. The Balaban J connectivity index is 1.98. The molecule has 1 N–H and O–H groups in total. The van der Waals surface area contributed by atoms with Gasteiger partial charge in [-0.25, -0.2) is 4.79 Å². The number of nitrogens with zero attached hydrogens (tertiary/aromatic N) is 1. The minimum absolute atomic E-state index is 0.191. The van der Waals surface area contributed by atoms with E-state index in [-0.39, 0.29) is 24.7 Å². The van der Waals surface area contributed by atoms with Gasteiger partial charge in [0, 0.05) is 0 Å². The topological polar surface area (TPSA) is 59.0 Å². The number of benzene rings is 1. The van der Waals surface area contributed by atoms with E-state index in [1.54, 1.807) is 18.2 Å². The monoisotopic (exact) mass is 265 g/mol. The molecule has 104 valence electrons. The van der Waals surface area contributed by atoms with Gasteiger partial charge in [-0.3, -0.25) is 4.90 Å². The van der Waals surface area contributed by atoms with Gasteiger partial charge >= 0.3 is 6.09 Å². The molecule has 1 atom stereocenters.